The normalized spacial score (nSPS) is 18.4. The lowest BCUT2D eigenvalue weighted by atomic mass is 9.63. The molecule has 0 radical (unpaired) electrons. The summed E-state index contributed by atoms with van der Waals surface area (Å²) in [6, 6.07) is 14.1. The van der Waals surface area contributed by atoms with Gasteiger partial charge in [0, 0.05) is 0 Å². The minimum absolute atomic E-state index is 0.190. The summed E-state index contributed by atoms with van der Waals surface area (Å²) in [6.07, 6.45) is 2.41. The van der Waals surface area contributed by atoms with E-state index in [0.29, 0.717) is 6.61 Å². The third-order valence-corrected chi connectivity index (χ3v) is 6.07. The number of benzene rings is 2. The number of hydrogen-bond donors (Lipinski definition) is 1. The van der Waals surface area contributed by atoms with Crippen molar-refractivity contribution in [3.05, 3.63) is 64.7 Å². The third-order valence-electron chi connectivity index (χ3n) is 6.07. The minimum Gasteiger partial charge on any atom is -0.489 e. The zero-order valence-corrected chi connectivity index (χ0v) is 17.0. The maximum absolute atomic E-state index is 11.1. The van der Waals surface area contributed by atoms with Crippen LogP contribution in [0.4, 0.5) is 0 Å². The molecule has 1 aliphatic carbocycles. The van der Waals surface area contributed by atoms with Gasteiger partial charge in [0.05, 0.1) is 5.92 Å². The molecular weight excluding hydrogens is 336 g/mol. The van der Waals surface area contributed by atoms with E-state index in [4.69, 9.17) is 9.84 Å². The topological polar surface area (TPSA) is 46.5 Å². The van der Waals surface area contributed by atoms with Crippen molar-refractivity contribution in [2.24, 2.45) is 0 Å². The zero-order valence-electron chi connectivity index (χ0n) is 17.0. The molecule has 2 aromatic carbocycles. The Morgan fingerprint density at radius 2 is 1.59 bits per heavy atom. The molecule has 3 nitrogen and oxygen atoms in total. The molecule has 144 valence electrons. The first-order valence-corrected chi connectivity index (χ1v) is 9.70. The van der Waals surface area contributed by atoms with Crippen molar-refractivity contribution in [3.63, 3.8) is 0 Å². The molecule has 27 heavy (non-hydrogen) atoms. The molecule has 1 aliphatic rings. The summed E-state index contributed by atoms with van der Waals surface area (Å²) in [5, 5.41) is 9.10. The number of carboxylic acid groups (broad SMARTS) is 1. The van der Waals surface area contributed by atoms with Crippen LogP contribution in [0.1, 0.15) is 75.6 Å². The quantitative estimate of drug-likeness (QED) is 0.727. The van der Waals surface area contributed by atoms with Crippen LogP contribution in [0.5, 0.6) is 5.75 Å². The molecule has 0 aliphatic heterocycles. The summed E-state index contributed by atoms with van der Waals surface area (Å²) in [5.41, 5.74) is 5.26. The smallest absolute Gasteiger partial charge is 0.310 e. The molecule has 1 atom stereocenters. The molecular formula is C24H30O3. The maximum Gasteiger partial charge on any atom is 0.310 e. The monoisotopic (exact) mass is 366 g/mol. The Morgan fingerprint density at radius 1 is 1.00 bits per heavy atom. The highest BCUT2D eigenvalue weighted by molar-refractivity contribution is 5.75. The summed E-state index contributed by atoms with van der Waals surface area (Å²) >= 11 is 0. The number of hydrogen-bond acceptors (Lipinski definition) is 2. The van der Waals surface area contributed by atoms with Gasteiger partial charge < -0.3 is 9.84 Å². The van der Waals surface area contributed by atoms with E-state index in [1.54, 1.807) is 6.92 Å². The van der Waals surface area contributed by atoms with Gasteiger partial charge in [0.25, 0.3) is 0 Å². The number of carbonyl (C=O) groups is 1. The molecule has 3 rings (SSSR count). The fraction of sp³-hybridized carbons (Fsp3) is 0.458. The van der Waals surface area contributed by atoms with E-state index in [-0.39, 0.29) is 10.8 Å². The molecule has 1 N–H and O–H groups in total. The summed E-state index contributed by atoms with van der Waals surface area (Å²) in [7, 11) is 0. The highest BCUT2D eigenvalue weighted by atomic mass is 16.5. The van der Waals surface area contributed by atoms with E-state index < -0.39 is 11.9 Å². The molecule has 0 bridgehead atoms. The van der Waals surface area contributed by atoms with Crippen LogP contribution in [0.3, 0.4) is 0 Å². The second-order valence-corrected chi connectivity index (χ2v) is 9.07. The molecule has 3 heteroatoms. The average molecular weight is 367 g/mol. The van der Waals surface area contributed by atoms with Crippen LogP contribution in [0.25, 0.3) is 0 Å². The van der Waals surface area contributed by atoms with E-state index in [1.807, 2.05) is 24.3 Å². The van der Waals surface area contributed by atoms with Gasteiger partial charge in [0.1, 0.15) is 12.4 Å². The van der Waals surface area contributed by atoms with E-state index in [1.165, 1.54) is 29.5 Å². The van der Waals surface area contributed by atoms with Crippen LogP contribution in [-0.4, -0.2) is 11.1 Å². The van der Waals surface area contributed by atoms with Crippen LogP contribution >= 0.6 is 0 Å². The van der Waals surface area contributed by atoms with Gasteiger partial charge in [-0.25, -0.2) is 0 Å². The molecule has 0 saturated carbocycles. The molecule has 0 spiro atoms. The van der Waals surface area contributed by atoms with Gasteiger partial charge in [-0.05, 0) is 65.0 Å². The van der Waals surface area contributed by atoms with Gasteiger partial charge in [-0.2, -0.15) is 0 Å². The van der Waals surface area contributed by atoms with Crippen molar-refractivity contribution < 1.29 is 14.6 Å². The second-order valence-electron chi connectivity index (χ2n) is 9.07. The highest BCUT2D eigenvalue weighted by Gasteiger charge is 2.36. The molecule has 2 aromatic rings. The first-order valence-electron chi connectivity index (χ1n) is 9.70. The van der Waals surface area contributed by atoms with Crippen LogP contribution in [-0.2, 0) is 22.2 Å². The molecule has 0 saturated heterocycles. The molecule has 0 fully saturated rings. The lowest BCUT2D eigenvalue weighted by Crippen LogP contribution is -2.33. The Bertz CT molecular complexity index is 831. The predicted octanol–water partition coefficient (Wildman–Crippen LogP) is 5.80. The molecule has 0 heterocycles. The van der Waals surface area contributed by atoms with E-state index in [2.05, 4.69) is 45.9 Å². The van der Waals surface area contributed by atoms with Crippen molar-refractivity contribution in [1.82, 2.24) is 0 Å². The van der Waals surface area contributed by atoms with E-state index in [0.717, 1.165) is 11.3 Å². The Hall–Kier alpha value is -2.29. The second kappa shape index (κ2) is 7.03. The van der Waals surface area contributed by atoms with E-state index >= 15 is 0 Å². The first kappa shape index (κ1) is 19.5. The lowest BCUT2D eigenvalue weighted by Gasteiger charge is -2.42. The molecule has 0 amide bonds. The van der Waals surface area contributed by atoms with Gasteiger partial charge in [0.2, 0.25) is 0 Å². The fourth-order valence-electron chi connectivity index (χ4n) is 3.89. The van der Waals surface area contributed by atoms with E-state index in [9.17, 15) is 4.79 Å². The van der Waals surface area contributed by atoms with Crippen molar-refractivity contribution in [2.45, 2.75) is 70.8 Å². The zero-order chi connectivity index (χ0) is 19.8. The number of aliphatic carboxylic acids is 1. The summed E-state index contributed by atoms with van der Waals surface area (Å²) in [6.45, 7) is 11.5. The number of rotatable bonds is 5. The third kappa shape index (κ3) is 4.02. The first-order chi connectivity index (χ1) is 12.6. The molecule has 0 aromatic heterocycles. The van der Waals surface area contributed by atoms with Gasteiger partial charge in [-0.1, -0.05) is 58.0 Å². The van der Waals surface area contributed by atoms with Crippen molar-refractivity contribution in [2.75, 3.05) is 0 Å². The van der Waals surface area contributed by atoms with Crippen molar-refractivity contribution in [1.29, 1.82) is 0 Å². The Kier molecular flexibility index (Phi) is 5.07. The summed E-state index contributed by atoms with van der Waals surface area (Å²) in [4.78, 5) is 11.1. The summed E-state index contributed by atoms with van der Waals surface area (Å²) in [5.74, 6) is -0.567. The number of fused-ring (bicyclic) bond motifs is 1. The Labute approximate surface area is 162 Å². The summed E-state index contributed by atoms with van der Waals surface area (Å²) < 4.78 is 5.95. The van der Waals surface area contributed by atoms with Crippen molar-refractivity contribution >= 4 is 5.97 Å². The lowest BCUT2D eigenvalue weighted by molar-refractivity contribution is -0.138. The Balaban J connectivity index is 1.75. The van der Waals surface area contributed by atoms with Gasteiger partial charge in [0.15, 0.2) is 0 Å². The number of carboxylic acids is 1. The van der Waals surface area contributed by atoms with Crippen molar-refractivity contribution in [3.8, 4) is 5.75 Å². The highest BCUT2D eigenvalue weighted by Crippen LogP contribution is 2.45. The van der Waals surface area contributed by atoms with Crippen LogP contribution < -0.4 is 4.74 Å². The fourth-order valence-corrected chi connectivity index (χ4v) is 3.89. The van der Waals surface area contributed by atoms with Crippen LogP contribution in [0, 0.1) is 0 Å². The number of ether oxygens (including phenoxy) is 1. The molecule has 1 unspecified atom stereocenters. The standard InChI is InChI=1S/C24H30O3/c1-16(22(25)26)18-7-9-19(10-8-18)27-15-17-6-11-20-21(14-17)24(4,5)13-12-23(20,2)3/h6-11,14,16H,12-13,15H2,1-5H3,(H,25,26). The predicted molar refractivity (Wildman–Crippen MR) is 109 cm³/mol. The van der Waals surface area contributed by atoms with Gasteiger partial charge in [-0.15, -0.1) is 0 Å². The Morgan fingerprint density at radius 3 is 2.19 bits per heavy atom. The van der Waals surface area contributed by atoms with Gasteiger partial charge >= 0.3 is 5.97 Å². The van der Waals surface area contributed by atoms with Crippen LogP contribution in [0.15, 0.2) is 42.5 Å². The largest absolute Gasteiger partial charge is 0.489 e. The SMILES string of the molecule is CC(C(=O)O)c1ccc(OCc2ccc3c(c2)C(C)(C)CCC3(C)C)cc1. The average Bonchev–Trinajstić information content (AvgIpc) is 2.63. The van der Waals surface area contributed by atoms with Gasteiger partial charge in [-0.3, -0.25) is 4.79 Å². The minimum atomic E-state index is -0.816. The maximum atomic E-state index is 11.1. The van der Waals surface area contributed by atoms with Crippen LogP contribution in [0.2, 0.25) is 0 Å².